The van der Waals surface area contributed by atoms with E-state index in [1.807, 2.05) is 0 Å². The van der Waals surface area contributed by atoms with E-state index < -0.39 is 51.9 Å². The molecule has 7 nitrogen and oxygen atoms in total. The number of nitrogens with zero attached hydrogens (tertiary/aromatic N) is 2. The molecule has 42 heavy (non-hydrogen) atoms. The van der Waals surface area contributed by atoms with Crippen molar-refractivity contribution in [1.29, 1.82) is 0 Å². The summed E-state index contributed by atoms with van der Waals surface area (Å²) in [6, 6.07) is 16.3. The first kappa shape index (κ1) is 33.2. The number of alkyl halides is 3. The summed E-state index contributed by atoms with van der Waals surface area (Å²) >= 11 is 12.3. The van der Waals surface area contributed by atoms with Crippen LogP contribution in [-0.2, 0) is 38.8 Å². The molecule has 1 N–H and O–H groups in total. The third-order valence-electron chi connectivity index (χ3n) is 6.17. The van der Waals surface area contributed by atoms with Gasteiger partial charge in [-0.15, -0.1) is 0 Å². The highest BCUT2D eigenvalue weighted by molar-refractivity contribution is 7.92. The maximum atomic E-state index is 14.0. The zero-order chi connectivity index (χ0) is 31.2. The quantitative estimate of drug-likeness (QED) is 0.280. The molecule has 0 saturated heterocycles. The van der Waals surface area contributed by atoms with E-state index in [9.17, 15) is 31.2 Å². The number of hydrogen-bond acceptors (Lipinski definition) is 4. The van der Waals surface area contributed by atoms with Gasteiger partial charge in [0.2, 0.25) is 21.8 Å². The minimum atomic E-state index is -4.79. The molecule has 0 unspecified atom stereocenters. The number of halogens is 5. The Morgan fingerprint density at radius 3 is 2.14 bits per heavy atom. The van der Waals surface area contributed by atoms with E-state index >= 15 is 0 Å². The van der Waals surface area contributed by atoms with Gasteiger partial charge in [-0.1, -0.05) is 65.7 Å². The Bertz CT molecular complexity index is 1520. The van der Waals surface area contributed by atoms with Crippen LogP contribution in [0.4, 0.5) is 18.9 Å². The van der Waals surface area contributed by atoms with Gasteiger partial charge in [-0.2, -0.15) is 13.2 Å². The minimum absolute atomic E-state index is 0.0783. The van der Waals surface area contributed by atoms with Crippen LogP contribution in [0.5, 0.6) is 0 Å². The fourth-order valence-corrected chi connectivity index (χ4v) is 5.58. The number of hydrogen-bond donors (Lipinski definition) is 1. The lowest BCUT2D eigenvalue weighted by Gasteiger charge is -2.34. The third-order valence-corrected chi connectivity index (χ3v) is 7.85. The second-order valence-electron chi connectivity index (χ2n) is 9.95. The number of amides is 2. The molecule has 1 atom stereocenters. The van der Waals surface area contributed by atoms with Crippen molar-refractivity contribution in [2.24, 2.45) is 0 Å². The summed E-state index contributed by atoms with van der Waals surface area (Å²) in [5.74, 6) is -1.33. The Morgan fingerprint density at radius 2 is 1.57 bits per heavy atom. The van der Waals surface area contributed by atoms with Crippen LogP contribution < -0.4 is 9.62 Å². The Balaban J connectivity index is 2.12. The summed E-state index contributed by atoms with van der Waals surface area (Å²) in [5.41, 5.74) is -0.381. The molecule has 0 aliphatic rings. The van der Waals surface area contributed by atoms with Gasteiger partial charge in [0.25, 0.3) is 0 Å². The van der Waals surface area contributed by atoms with Crippen molar-refractivity contribution in [2.75, 3.05) is 17.1 Å². The lowest BCUT2D eigenvalue weighted by atomic mass is 10.0. The van der Waals surface area contributed by atoms with E-state index in [0.717, 1.165) is 17.9 Å². The van der Waals surface area contributed by atoms with Gasteiger partial charge in [0.1, 0.15) is 12.6 Å². The maximum absolute atomic E-state index is 14.0. The number of rotatable bonds is 11. The van der Waals surface area contributed by atoms with Crippen LogP contribution in [0.2, 0.25) is 10.0 Å². The number of carbonyl (C=O) groups is 2. The highest BCUT2D eigenvalue weighted by Crippen LogP contribution is 2.36. The zero-order valence-corrected chi connectivity index (χ0v) is 25.4. The summed E-state index contributed by atoms with van der Waals surface area (Å²) in [7, 11) is -4.32. The van der Waals surface area contributed by atoms with Crippen LogP contribution in [0, 0.1) is 0 Å². The molecule has 226 valence electrons. The molecular formula is C29H30Cl2F3N3O4S. The SMILES string of the molecule is CC(C)NC(=O)[C@H](Cc1ccccc1)N(Cc1cccc(Cl)c1)C(=O)CN(c1cc(C(F)(F)F)ccc1Cl)S(C)(=O)=O. The molecule has 0 bridgehead atoms. The number of sulfonamides is 1. The first-order valence-corrected chi connectivity index (χ1v) is 15.4. The van der Waals surface area contributed by atoms with E-state index in [1.165, 1.54) is 4.90 Å². The van der Waals surface area contributed by atoms with Crippen molar-refractivity contribution in [3.63, 3.8) is 0 Å². The smallest absolute Gasteiger partial charge is 0.352 e. The largest absolute Gasteiger partial charge is 0.416 e. The van der Waals surface area contributed by atoms with Gasteiger partial charge in [0, 0.05) is 24.0 Å². The molecular weight excluding hydrogens is 614 g/mol. The second-order valence-corrected chi connectivity index (χ2v) is 12.7. The van der Waals surface area contributed by atoms with Crippen molar-refractivity contribution in [2.45, 2.75) is 45.1 Å². The van der Waals surface area contributed by atoms with Crippen LogP contribution in [0.15, 0.2) is 72.8 Å². The Hall–Kier alpha value is -3.28. The molecule has 0 aromatic heterocycles. The van der Waals surface area contributed by atoms with Gasteiger partial charge in [-0.05, 0) is 55.3 Å². The first-order valence-electron chi connectivity index (χ1n) is 12.8. The van der Waals surface area contributed by atoms with Crippen LogP contribution in [-0.4, -0.2) is 50.0 Å². The lowest BCUT2D eigenvalue weighted by Crippen LogP contribution is -2.54. The molecule has 0 spiro atoms. The topological polar surface area (TPSA) is 86.8 Å². The molecule has 3 aromatic carbocycles. The van der Waals surface area contributed by atoms with E-state index in [2.05, 4.69) is 5.32 Å². The van der Waals surface area contributed by atoms with Gasteiger partial charge in [-0.3, -0.25) is 13.9 Å². The van der Waals surface area contributed by atoms with Crippen molar-refractivity contribution >= 4 is 50.7 Å². The molecule has 0 heterocycles. The predicted molar refractivity (Wildman–Crippen MR) is 158 cm³/mol. The fraction of sp³-hybridized carbons (Fsp3) is 0.310. The van der Waals surface area contributed by atoms with E-state index in [4.69, 9.17) is 23.2 Å². The molecule has 0 aliphatic carbocycles. The normalized spacial score (nSPS) is 12.6. The van der Waals surface area contributed by atoms with Crippen molar-refractivity contribution in [1.82, 2.24) is 10.2 Å². The van der Waals surface area contributed by atoms with Crippen LogP contribution >= 0.6 is 23.2 Å². The minimum Gasteiger partial charge on any atom is -0.352 e. The predicted octanol–water partition coefficient (Wildman–Crippen LogP) is 5.94. The van der Waals surface area contributed by atoms with Gasteiger partial charge in [-0.25, -0.2) is 8.42 Å². The van der Waals surface area contributed by atoms with Gasteiger partial charge < -0.3 is 10.2 Å². The number of anilines is 1. The fourth-order valence-electron chi connectivity index (χ4n) is 4.24. The van der Waals surface area contributed by atoms with Crippen LogP contribution in [0.1, 0.15) is 30.5 Å². The molecule has 0 radical (unpaired) electrons. The molecule has 2 amide bonds. The Labute approximate surface area is 253 Å². The average Bonchev–Trinajstić information content (AvgIpc) is 2.88. The molecule has 13 heteroatoms. The highest BCUT2D eigenvalue weighted by Gasteiger charge is 2.36. The zero-order valence-electron chi connectivity index (χ0n) is 23.0. The molecule has 3 aromatic rings. The molecule has 0 aliphatic heterocycles. The summed E-state index contributed by atoms with van der Waals surface area (Å²) < 4.78 is 66.7. The van der Waals surface area contributed by atoms with Gasteiger partial charge in [0.05, 0.1) is 22.5 Å². The van der Waals surface area contributed by atoms with E-state index in [0.29, 0.717) is 27.0 Å². The third kappa shape index (κ3) is 9.11. The van der Waals surface area contributed by atoms with Gasteiger partial charge in [0.15, 0.2) is 0 Å². The lowest BCUT2D eigenvalue weighted by molar-refractivity contribution is -0.140. The van der Waals surface area contributed by atoms with Gasteiger partial charge >= 0.3 is 6.18 Å². The van der Waals surface area contributed by atoms with Crippen molar-refractivity contribution < 1.29 is 31.2 Å². The molecule has 0 saturated carbocycles. The van der Waals surface area contributed by atoms with Crippen LogP contribution in [0.3, 0.4) is 0 Å². The Kier molecular flexibility index (Phi) is 10.9. The molecule has 3 rings (SSSR count). The van der Waals surface area contributed by atoms with Crippen LogP contribution in [0.25, 0.3) is 0 Å². The number of carbonyl (C=O) groups excluding carboxylic acids is 2. The average molecular weight is 645 g/mol. The van der Waals surface area contributed by atoms with Crippen molar-refractivity contribution in [3.05, 3.63) is 99.5 Å². The number of benzene rings is 3. The maximum Gasteiger partial charge on any atom is 0.416 e. The summed E-state index contributed by atoms with van der Waals surface area (Å²) in [6.45, 7) is 2.44. The summed E-state index contributed by atoms with van der Waals surface area (Å²) in [4.78, 5) is 28.7. The highest BCUT2D eigenvalue weighted by atomic mass is 35.5. The standard InChI is InChI=1S/C29H30Cl2F3N3O4S/c1-19(2)35-28(39)26(15-20-8-5-4-6-9-20)36(17-21-10-7-11-23(30)14-21)27(38)18-37(42(3,40)41)25-16-22(29(32,33)34)12-13-24(25)31/h4-14,16,19,26H,15,17-18H2,1-3H3,(H,35,39)/t26-/m0/s1. The second kappa shape index (κ2) is 13.8. The van der Waals surface area contributed by atoms with E-state index in [-0.39, 0.29) is 24.0 Å². The summed E-state index contributed by atoms with van der Waals surface area (Å²) in [5, 5.41) is 2.88. The molecule has 0 fully saturated rings. The van der Waals surface area contributed by atoms with Crippen molar-refractivity contribution in [3.8, 4) is 0 Å². The summed E-state index contributed by atoms with van der Waals surface area (Å²) in [6.07, 6.45) is -3.96. The number of nitrogens with one attached hydrogen (secondary N) is 1. The first-order chi connectivity index (χ1) is 19.6. The Morgan fingerprint density at radius 1 is 0.929 bits per heavy atom. The van der Waals surface area contributed by atoms with E-state index in [1.54, 1.807) is 68.4 Å². The monoisotopic (exact) mass is 643 g/mol.